The second kappa shape index (κ2) is 7.12. The van der Waals surface area contributed by atoms with Gasteiger partial charge >= 0.3 is 0 Å². The van der Waals surface area contributed by atoms with Crippen LogP contribution in [0.5, 0.6) is 0 Å². The number of terminal acetylenes is 1. The van der Waals surface area contributed by atoms with Crippen LogP contribution in [0, 0.1) is 18.3 Å². The monoisotopic (exact) mass is 394 g/mol. The average molecular weight is 395 g/mol. The quantitative estimate of drug-likeness (QED) is 0.778. The van der Waals surface area contributed by atoms with Crippen LogP contribution in [-0.2, 0) is 16.1 Å². The van der Waals surface area contributed by atoms with Gasteiger partial charge in [-0.25, -0.2) is 0 Å². The van der Waals surface area contributed by atoms with Gasteiger partial charge in [-0.1, -0.05) is 18.1 Å². The van der Waals surface area contributed by atoms with E-state index in [0.717, 1.165) is 50.9 Å². The molecule has 1 aromatic rings. The molecule has 5 heteroatoms. The zero-order chi connectivity index (χ0) is 20.1. The maximum absolute atomic E-state index is 13.0. The van der Waals surface area contributed by atoms with Crippen LogP contribution in [0.2, 0.25) is 0 Å². The van der Waals surface area contributed by atoms with Gasteiger partial charge in [0.2, 0.25) is 5.91 Å². The number of hydrogen-bond donors (Lipinski definition) is 1. The van der Waals surface area contributed by atoms with E-state index in [1.54, 1.807) is 0 Å². The Bertz CT molecular complexity index is 835. The van der Waals surface area contributed by atoms with Crippen molar-refractivity contribution in [2.24, 2.45) is 5.92 Å². The van der Waals surface area contributed by atoms with Crippen LogP contribution in [0.3, 0.4) is 0 Å². The van der Waals surface area contributed by atoms with Gasteiger partial charge in [0.25, 0.3) is 0 Å². The van der Waals surface area contributed by atoms with E-state index in [0.29, 0.717) is 18.9 Å². The summed E-state index contributed by atoms with van der Waals surface area (Å²) in [6.45, 7) is 3.21. The highest BCUT2D eigenvalue weighted by Crippen LogP contribution is 2.50. The summed E-state index contributed by atoms with van der Waals surface area (Å²) in [6.07, 6.45) is 11.4. The Morgan fingerprint density at radius 1 is 1.31 bits per heavy atom. The average Bonchev–Trinajstić information content (AvgIpc) is 3.23. The lowest BCUT2D eigenvalue weighted by Gasteiger charge is -2.54. The van der Waals surface area contributed by atoms with Gasteiger partial charge in [0.05, 0.1) is 31.3 Å². The summed E-state index contributed by atoms with van der Waals surface area (Å²) in [4.78, 5) is 17.5. The molecule has 5 nitrogen and oxygen atoms in total. The molecule has 1 amide bonds. The van der Waals surface area contributed by atoms with Gasteiger partial charge in [0, 0.05) is 30.7 Å². The van der Waals surface area contributed by atoms with Crippen LogP contribution >= 0.6 is 0 Å². The lowest BCUT2D eigenvalue weighted by molar-refractivity contribution is -0.160. The second-order valence-electron chi connectivity index (χ2n) is 9.60. The van der Waals surface area contributed by atoms with E-state index >= 15 is 0 Å². The lowest BCUT2D eigenvalue weighted by atomic mass is 9.74. The number of aliphatic hydroxyl groups excluding tert-OH is 1. The predicted octanol–water partition coefficient (Wildman–Crippen LogP) is 2.16. The van der Waals surface area contributed by atoms with Crippen molar-refractivity contribution >= 4 is 5.91 Å². The fourth-order valence-corrected chi connectivity index (χ4v) is 5.94. The van der Waals surface area contributed by atoms with Gasteiger partial charge in [-0.15, -0.1) is 6.42 Å². The molecule has 3 heterocycles. The maximum Gasteiger partial charge on any atom is 0.225 e. The molecule has 2 saturated carbocycles. The Kier molecular flexibility index (Phi) is 4.70. The number of benzene rings is 1. The SMILES string of the molecule is C#Cc1cccc(CN2CC(CC(=O)N3CC4CC3(CO)C4)OCC23CCC3)c1. The van der Waals surface area contributed by atoms with Gasteiger partial charge in [-0.2, -0.15) is 0 Å². The highest BCUT2D eigenvalue weighted by atomic mass is 16.5. The van der Waals surface area contributed by atoms with Crippen molar-refractivity contribution in [2.45, 2.75) is 62.3 Å². The van der Waals surface area contributed by atoms with Gasteiger partial charge in [-0.05, 0) is 55.7 Å². The van der Waals surface area contributed by atoms with Crippen molar-refractivity contribution in [3.05, 3.63) is 35.4 Å². The van der Waals surface area contributed by atoms with Crippen molar-refractivity contribution in [1.82, 2.24) is 9.80 Å². The fourth-order valence-electron chi connectivity index (χ4n) is 5.94. The van der Waals surface area contributed by atoms with Crippen LogP contribution < -0.4 is 0 Å². The topological polar surface area (TPSA) is 53.0 Å². The lowest BCUT2D eigenvalue weighted by Crippen LogP contribution is -2.63. The Morgan fingerprint density at radius 3 is 2.83 bits per heavy atom. The number of fused-ring (bicyclic) bond motifs is 1. The summed E-state index contributed by atoms with van der Waals surface area (Å²) in [5.41, 5.74) is 1.97. The first kappa shape index (κ1) is 19.1. The predicted molar refractivity (Wildman–Crippen MR) is 110 cm³/mol. The van der Waals surface area contributed by atoms with E-state index in [4.69, 9.17) is 11.2 Å². The molecule has 29 heavy (non-hydrogen) atoms. The van der Waals surface area contributed by atoms with Gasteiger partial charge in [0.1, 0.15) is 0 Å². The highest BCUT2D eigenvalue weighted by molar-refractivity contribution is 5.78. The number of amides is 1. The number of aliphatic hydroxyl groups is 1. The minimum absolute atomic E-state index is 0.0848. The van der Waals surface area contributed by atoms with Crippen molar-refractivity contribution in [3.8, 4) is 12.3 Å². The first-order valence-electron chi connectivity index (χ1n) is 10.9. The van der Waals surface area contributed by atoms with E-state index < -0.39 is 0 Å². The molecule has 2 bridgehead atoms. The molecule has 1 unspecified atom stereocenters. The van der Waals surface area contributed by atoms with Crippen LogP contribution in [0.4, 0.5) is 0 Å². The van der Waals surface area contributed by atoms with E-state index in [2.05, 4.69) is 23.0 Å². The molecular weight excluding hydrogens is 364 g/mol. The minimum Gasteiger partial charge on any atom is -0.394 e. The van der Waals surface area contributed by atoms with E-state index in [9.17, 15) is 9.90 Å². The number of ether oxygens (including phenoxy) is 1. The van der Waals surface area contributed by atoms with E-state index in [1.807, 2.05) is 17.0 Å². The van der Waals surface area contributed by atoms with Gasteiger partial charge in [0.15, 0.2) is 0 Å². The molecule has 2 aliphatic carbocycles. The first-order chi connectivity index (χ1) is 14.1. The summed E-state index contributed by atoms with van der Waals surface area (Å²) >= 11 is 0. The minimum atomic E-state index is -0.277. The smallest absolute Gasteiger partial charge is 0.225 e. The standard InChI is InChI=1S/C24H30N2O3/c1-2-18-5-3-6-19(9-18)13-25-15-21(29-17-23(25)7-4-8-23)10-22(28)26-14-20-11-24(26,12-20)16-27/h1,3,5-6,9,20-21,27H,4,7-8,10-17H2. The van der Waals surface area contributed by atoms with Crippen LogP contribution in [0.15, 0.2) is 24.3 Å². The molecule has 1 spiro atoms. The summed E-state index contributed by atoms with van der Waals surface area (Å²) < 4.78 is 6.21. The Hall–Kier alpha value is -1.87. The number of hydrogen-bond acceptors (Lipinski definition) is 4. The summed E-state index contributed by atoms with van der Waals surface area (Å²) in [6, 6.07) is 8.20. The number of morpholine rings is 1. The summed E-state index contributed by atoms with van der Waals surface area (Å²) in [5, 5.41) is 9.80. The largest absolute Gasteiger partial charge is 0.394 e. The third-order valence-electron chi connectivity index (χ3n) is 7.78. The van der Waals surface area contributed by atoms with E-state index in [1.165, 1.54) is 12.0 Å². The summed E-state index contributed by atoms with van der Waals surface area (Å²) in [7, 11) is 0. The fraction of sp³-hybridized carbons (Fsp3) is 0.625. The molecule has 5 aliphatic rings. The van der Waals surface area contributed by atoms with Crippen molar-refractivity contribution < 1.29 is 14.6 Å². The zero-order valence-corrected chi connectivity index (χ0v) is 17.0. The maximum atomic E-state index is 13.0. The number of carbonyl (C=O) groups excluding carboxylic acids is 1. The molecule has 154 valence electrons. The van der Waals surface area contributed by atoms with Crippen molar-refractivity contribution in [3.63, 3.8) is 0 Å². The van der Waals surface area contributed by atoms with Crippen LogP contribution in [-0.4, -0.2) is 64.3 Å². The molecule has 1 N–H and O–H groups in total. The number of carbonyl (C=O) groups is 1. The second-order valence-corrected chi connectivity index (χ2v) is 9.60. The molecule has 0 aromatic heterocycles. The molecular formula is C24H30N2O3. The summed E-state index contributed by atoms with van der Waals surface area (Å²) in [5.74, 6) is 3.44. The first-order valence-corrected chi connectivity index (χ1v) is 10.9. The number of rotatable bonds is 5. The van der Waals surface area contributed by atoms with Crippen LogP contribution in [0.25, 0.3) is 0 Å². The molecule has 5 fully saturated rings. The molecule has 6 rings (SSSR count). The molecule has 1 atom stereocenters. The molecule has 3 saturated heterocycles. The third kappa shape index (κ3) is 3.18. The molecule has 3 aliphatic heterocycles. The third-order valence-corrected chi connectivity index (χ3v) is 7.78. The number of nitrogens with zero attached hydrogens (tertiary/aromatic N) is 2. The van der Waals surface area contributed by atoms with Gasteiger partial charge < -0.3 is 14.7 Å². The Morgan fingerprint density at radius 2 is 2.14 bits per heavy atom. The van der Waals surface area contributed by atoms with Gasteiger partial charge in [-0.3, -0.25) is 9.69 Å². The normalized spacial score (nSPS) is 32.5. The molecule has 1 aromatic carbocycles. The zero-order valence-electron chi connectivity index (χ0n) is 17.0. The van der Waals surface area contributed by atoms with Crippen molar-refractivity contribution in [2.75, 3.05) is 26.3 Å². The Balaban J connectivity index is 1.27. The Labute approximate surface area is 173 Å². The highest BCUT2D eigenvalue weighted by Gasteiger charge is 2.57. The van der Waals surface area contributed by atoms with E-state index in [-0.39, 0.29) is 29.7 Å². The van der Waals surface area contributed by atoms with Crippen molar-refractivity contribution in [1.29, 1.82) is 0 Å². The molecule has 0 radical (unpaired) electrons. The van der Waals surface area contributed by atoms with Crippen LogP contribution in [0.1, 0.15) is 49.7 Å².